The third-order valence-corrected chi connectivity index (χ3v) is 4.00. The number of amides is 1. The average molecular weight is 336 g/mol. The van der Waals surface area contributed by atoms with E-state index in [0.29, 0.717) is 5.56 Å². The Labute approximate surface area is 126 Å². The van der Waals surface area contributed by atoms with Crippen molar-refractivity contribution in [3.8, 4) is 0 Å². The van der Waals surface area contributed by atoms with Crippen molar-refractivity contribution < 1.29 is 9.18 Å². The van der Waals surface area contributed by atoms with Crippen LogP contribution in [0.5, 0.6) is 0 Å². The number of carbonyl (C=O) groups excluding carboxylic acids is 1. The van der Waals surface area contributed by atoms with Crippen LogP contribution < -0.4 is 5.32 Å². The first-order valence-electron chi connectivity index (χ1n) is 6.31. The van der Waals surface area contributed by atoms with E-state index in [1.165, 1.54) is 12.1 Å². The van der Waals surface area contributed by atoms with E-state index in [1.807, 2.05) is 38.1 Å². The maximum Gasteiger partial charge on any atom is 0.253 e. The lowest BCUT2D eigenvalue weighted by Gasteiger charge is -2.17. The molecule has 1 N–H and O–H groups in total. The number of benzene rings is 2. The molecule has 0 bridgehead atoms. The van der Waals surface area contributed by atoms with Gasteiger partial charge in [0.1, 0.15) is 5.82 Å². The first kappa shape index (κ1) is 14.7. The fraction of sp³-hybridized carbons (Fsp3) is 0.188. The second-order valence-corrected chi connectivity index (χ2v) is 5.45. The summed E-state index contributed by atoms with van der Waals surface area (Å²) in [6.07, 6.45) is 0. The highest BCUT2D eigenvalue weighted by Gasteiger charge is 2.16. The van der Waals surface area contributed by atoms with Crippen LogP contribution in [0.2, 0.25) is 0 Å². The molecule has 20 heavy (non-hydrogen) atoms. The molecule has 104 valence electrons. The van der Waals surface area contributed by atoms with Gasteiger partial charge in [0, 0.05) is 0 Å². The van der Waals surface area contributed by atoms with Crippen LogP contribution in [0, 0.1) is 12.7 Å². The Balaban J connectivity index is 2.20. The zero-order valence-electron chi connectivity index (χ0n) is 11.3. The quantitative estimate of drug-likeness (QED) is 0.885. The van der Waals surface area contributed by atoms with Crippen LogP contribution in [0.1, 0.15) is 34.5 Å². The van der Waals surface area contributed by atoms with Gasteiger partial charge in [0.2, 0.25) is 0 Å². The lowest BCUT2D eigenvalue weighted by Crippen LogP contribution is -2.27. The van der Waals surface area contributed by atoms with Crippen LogP contribution in [0.25, 0.3) is 0 Å². The number of rotatable bonds is 3. The minimum Gasteiger partial charge on any atom is -0.345 e. The van der Waals surface area contributed by atoms with Crippen molar-refractivity contribution in [2.45, 2.75) is 19.9 Å². The van der Waals surface area contributed by atoms with Crippen LogP contribution in [-0.4, -0.2) is 5.91 Å². The van der Waals surface area contributed by atoms with E-state index in [4.69, 9.17) is 0 Å². The van der Waals surface area contributed by atoms with Crippen LogP contribution in [0.3, 0.4) is 0 Å². The molecule has 0 saturated carbocycles. The van der Waals surface area contributed by atoms with Crippen molar-refractivity contribution >= 4 is 21.8 Å². The van der Waals surface area contributed by atoms with Gasteiger partial charge in [-0.1, -0.05) is 30.3 Å². The van der Waals surface area contributed by atoms with E-state index in [9.17, 15) is 9.18 Å². The molecule has 2 aromatic rings. The summed E-state index contributed by atoms with van der Waals surface area (Å²) in [5.41, 5.74) is 2.46. The Morgan fingerprint density at radius 1 is 1.20 bits per heavy atom. The predicted octanol–water partition coefficient (Wildman–Crippen LogP) is 4.39. The SMILES string of the molecule is Cc1ccccc1C(C)NC(=O)c1cccc(F)c1Br. The highest BCUT2D eigenvalue weighted by molar-refractivity contribution is 9.10. The maximum atomic E-state index is 13.4. The van der Waals surface area contributed by atoms with Crippen LogP contribution >= 0.6 is 15.9 Å². The molecule has 4 heteroatoms. The lowest BCUT2D eigenvalue weighted by molar-refractivity contribution is 0.0938. The molecular weight excluding hydrogens is 321 g/mol. The molecule has 0 heterocycles. The summed E-state index contributed by atoms with van der Waals surface area (Å²) in [7, 11) is 0. The van der Waals surface area contributed by atoms with Gasteiger partial charge in [-0.15, -0.1) is 0 Å². The van der Waals surface area contributed by atoms with Gasteiger partial charge in [0.05, 0.1) is 16.1 Å². The molecule has 0 spiro atoms. The Kier molecular flexibility index (Phi) is 4.55. The van der Waals surface area contributed by atoms with E-state index < -0.39 is 5.82 Å². The number of aryl methyl sites for hydroxylation is 1. The highest BCUT2D eigenvalue weighted by Crippen LogP contribution is 2.22. The van der Waals surface area contributed by atoms with Crippen molar-refractivity contribution in [3.05, 3.63) is 69.4 Å². The Bertz CT molecular complexity index is 642. The molecule has 0 saturated heterocycles. The van der Waals surface area contributed by atoms with Crippen molar-refractivity contribution in [1.82, 2.24) is 5.32 Å². The summed E-state index contributed by atoms with van der Waals surface area (Å²) in [5, 5.41) is 2.89. The van der Waals surface area contributed by atoms with Gasteiger partial charge in [0.25, 0.3) is 5.91 Å². The highest BCUT2D eigenvalue weighted by atomic mass is 79.9. The summed E-state index contributed by atoms with van der Waals surface area (Å²) in [4.78, 5) is 12.2. The number of nitrogens with one attached hydrogen (secondary N) is 1. The van der Waals surface area contributed by atoms with E-state index in [0.717, 1.165) is 11.1 Å². The maximum absolute atomic E-state index is 13.4. The summed E-state index contributed by atoms with van der Waals surface area (Å²) in [6.45, 7) is 3.91. The Morgan fingerprint density at radius 2 is 1.90 bits per heavy atom. The van der Waals surface area contributed by atoms with E-state index in [2.05, 4.69) is 21.2 Å². The fourth-order valence-electron chi connectivity index (χ4n) is 2.10. The molecule has 0 aliphatic carbocycles. The Hall–Kier alpha value is -1.68. The molecular formula is C16H15BrFNO. The molecule has 0 fully saturated rings. The van der Waals surface area contributed by atoms with Crippen molar-refractivity contribution in [2.24, 2.45) is 0 Å². The largest absolute Gasteiger partial charge is 0.345 e. The molecule has 0 aliphatic heterocycles. The van der Waals surface area contributed by atoms with Crippen LogP contribution in [0.15, 0.2) is 46.9 Å². The smallest absolute Gasteiger partial charge is 0.253 e. The summed E-state index contributed by atoms with van der Waals surface area (Å²) in [6, 6.07) is 12.1. The standard InChI is InChI=1S/C16H15BrFNO/c1-10-6-3-4-7-12(10)11(2)19-16(20)13-8-5-9-14(18)15(13)17/h3-9,11H,1-2H3,(H,19,20). The number of hydrogen-bond acceptors (Lipinski definition) is 1. The van der Waals surface area contributed by atoms with Crippen molar-refractivity contribution in [3.63, 3.8) is 0 Å². The van der Waals surface area contributed by atoms with Gasteiger partial charge in [-0.3, -0.25) is 4.79 Å². The first-order valence-corrected chi connectivity index (χ1v) is 7.10. The zero-order valence-corrected chi connectivity index (χ0v) is 12.9. The van der Waals surface area contributed by atoms with Gasteiger partial charge in [-0.25, -0.2) is 4.39 Å². The van der Waals surface area contributed by atoms with Crippen molar-refractivity contribution in [1.29, 1.82) is 0 Å². The van der Waals surface area contributed by atoms with E-state index in [1.54, 1.807) is 6.07 Å². The minimum absolute atomic E-state index is 0.140. The monoisotopic (exact) mass is 335 g/mol. The molecule has 2 aromatic carbocycles. The molecule has 0 aromatic heterocycles. The molecule has 1 amide bonds. The summed E-state index contributed by atoms with van der Waals surface area (Å²) in [5.74, 6) is -0.742. The van der Waals surface area contributed by atoms with Gasteiger partial charge in [-0.2, -0.15) is 0 Å². The Morgan fingerprint density at radius 3 is 2.60 bits per heavy atom. The summed E-state index contributed by atoms with van der Waals surface area (Å²) >= 11 is 3.11. The average Bonchev–Trinajstić information content (AvgIpc) is 2.42. The molecule has 1 atom stereocenters. The van der Waals surface area contributed by atoms with E-state index >= 15 is 0 Å². The third-order valence-electron chi connectivity index (χ3n) is 3.20. The van der Waals surface area contributed by atoms with Gasteiger partial charge in [-0.05, 0) is 53.0 Å². The van der Waals surface area contributed by atoms with Crippen molar-refractivity contribution in [2.75, 3.05) is 0 Å². The second-order valence-electron chi connectivity index (χ2n) is 4.65. The van der Waals surface area contributed by atoms with Gasteiger partial charge < -0.3 is 5.32 Å². The molecule has 0 radical (unpaired) electrons. The normalized spacial score (nSPS) is 12.0. The number of carbonyl (C=O) groups is 1. The molecule has 2 rings (SSSR count). The first-order chi connectivity index (χ1) is 9.50. The van der Waals surface area contributed by atoms with E-state index in [-0.39, 0.29) is 16.4 Å². The zero-order chi connectivity index (χ0) is 14.7. The number of halogens is 2. The molecule has 1 unspecified atom stereocenters. The van der Waals surface area contributed by atoms with Gasteiger partial charge in [0.15, 0.2) is 0 Å². The molecule has 2 nitrogen and oxygen atoms in total. The third kappa shape index (κ3) is 3.07. The predicted molar refractivity (Wildman–Crippen MR) is 81.2 cm³/mol. The van der Waals surface area contributed by atoms with Crippen LogP contribution in [0.4, 0.5) is 4.39 Å². The van der Waals surface area contributed by atoms with Gasteiger partial charge >= 0.3 is 0 Å². The topological polar surface area (TPSA) is 29.1 Å². The summed E-state index contributed by atoms with van der Waals surface area (Å²) < 4.78 is 13.6. The minimum atomic E-state index is -0.443. The second kappa shape index (κ2) is 6.18. The number of hydrogen-bond donors (Lipinski definition) is 1. The fourth-order valence-corrected chi connectivity index (χ4v) is 2.55. The van der Waals surface area contributed by atoms with Crippen LogP contribution in [-0.2, 0) is 0 Å². The molecule has 0 aliphatic rings. The lowest BCUT2D eigenvalue weighted by atomic mass is 10.0.